The molecule has 0 saturated heterocycles. The fourth-order valence-corrected chi connectivity index (χ4v) is 2.90. The summed E-state index contributed by atoms with van der Waals surface area (Å²) in [6.07, 6.45) is 0.491. The Balaban J connectivity index is 2.09. The van der Waals surface area contributed by atoms with Crippen LogP contribution in [-0.2, 0) is 11.2 Å². The standard InChI is InChI=1S/C12H10N2OS2/c1-14-10-3-2-7(4-8(10)5-11(14)15)9-6-17-12(16)13-9/h2-4,6H,5H2,1H3,(H,13,16). The highest BCUT2D eigenvalue weighted by molar-refractivity contribution is 7.73. The topological polar surface area (TPSA) is 36.1 Å². The molecule has 1 aliphatic heterocycles. The number of benzene rings is 1. The minimum atomic E-state index is 0.149. The molecule has 3 rings (SSSR count). The summed E-state index contributed by atoms with van der Waals surface area (Å²) in [5.74, 6) is 0.149. The Morgan fingerprint density at radius 1 is 1.47 bits per heavy atom. The van der Waals surface area contributed by atoms with E-state index in [1.54, 1.807) is 4.90 Å². The van der Waals surface area contributed by atoms with E-state index in [9.17, 15) is 4.79 Å². The van der Waals surface area contributed by atoms with Crippen LogP contribution in [0.3, 0.4) is 0 Å². The average Bonchev–Trinajstić information content (AvgIpc) is 2.85. The van der Waals surface area contributed by atoms with Crippen molar-refractivity contribution in [2.24, 2.45) is 0 Å². The van der Waals surface area contributed by atoms with E-state index in [2.05, 4.69) is 11.1 Å². The van der Waals surface area contributed by atoms with Gasteiger partial charge in [-0.05, 0) is 35.5 Å². The van der Waals surface area contributed by atoms with Crippen LogP contribution in [0.15, 0.2) is 23.6 Å². The van der Waals surface area contributed by atoms with E-state index in [0.29, 0.717) is 6.42 Å². The number of thiazole rings is 1. The zero-order chi connectivity index (χ0) is 12.0. The fourth-order valence-electron chi connectivity index (χ4n) is 2.06. The number of aromatic amines is 1. The van der Waals surface area contributed by atoms with Gasteiger partial charge in [-0.1, -0.05) is 6.07 Å². The minimum Gasteiger partial charge on any atom is -0.337 e. The van der Waals surface area contributed by atoms with Gasteiger partial charge in [0.1, 0.15) is 0 Å². The van der Waals surface area contributed by atoms with E-state index >= 15 is 0 Å². The lowest BCUT2D eigenvalue weighted by Crippen LogP contribution is -2.20. The number of fused-ring (bicyclic) bond motifs is 1. The van der Waals surface area contributed by atoms with Crippen molar-refractivity contribution in [1.29, 1.82) is 0 Å². The zero-order valence-electron chi connectivity index (χ0n) is 9.19. The molecule has 3 nitrogen and oxygen atoms in total. The third-order valence-corrected chi connectivity index (χ3v) is 4.05. The summed E-state index contributed by atoms with van der Waals surface area (Å²) < 4.78 is 0.772. The maximum Gasteiger partial charge on any atom is 0.231 e. The maximum absolute atomic E-state index is 11.6. The van der Waals surface area contributed by atoms with Crippen molar-refractivity contribution in [2.75, 3.05) is 11.9 Å². The highest BCUT2D eigenvalue weighted by Gasteiger charge is 2.23. The van der Waals surface area contributed by atoms with Crippen LogP contribution in [0.5, 0.6) is 0 Å². The van der Waals surface area contributed by atoms with Crippen LogP contribution >= 0.6 is 23.6 Å². The number of nitrogens with one attached hydrogen (secondary N) is 1. The van der Waals surface area contributed by atoms with Crippen LogP contribution in [0.2, 0.25) is 0 Å². The highest BCUT2D eigenvalue weighted by Crippen LogP contribution is 2.31. The Kier molecular flexibility index (Phi) is 2.38. The van der Waals surface area contributed by atoms with Gasteiger partial charge in [0.2, 0.25) is 5.91 Å². The number of nitrogens with zero attached hydrogens (tertiary/aromatic N) is 1. The molecule has 1 N–H and O–H groups in total. The second-order valence-corrected chi connectivity index (χ2v) is 5.58. The lowest BCUT2D eigenvalue weighted by atomic mass is 10.1. The minimum absolute atomic E-state index is 0.149. The SMILES string of the molecule is CN1C(=O)Cc2cc(-c3csc(=S)[nH]3)ccc21. The third kappa shape index (κ3) is 1.71. The first-order chi connectivity index (χ1) is 8.15. The second-order valence-electron chi connectivity index (χ2n) is 4.03. The first-order valence-electron chi connectivity index (χ1n) is 5.23. The first-order valence-corrected chi connectivity index (χ1v) is 6.51. The molecule has 0 radical (unpaired) electrons. The van der Waals surface area contributed by atoms with Crippen LogP contribution in [0.4, 0.5) is 5.69 Å². The Hall–Kier alpha value is -1.46. The molecule has 1 aliphatic rings. The van der Waals surface area contributed by atoms with E-state index in [1.807, 2.05) is 24.6 Å². The Labute approximate surface area is 108 Å². The van der Waals surface area contributed by atoms with Gasteiger partial charge in [0.25, 0.3) is 0 Å². The molecule has 1 aromatic carbocycles. The second kappa shape index (κ2) is 3.78. The molecular weight excluding hydrogens is 252 g/mol. The fraction of sp³-hybridized carbons (Fsp3) is 0.167. The number of amides is 1. The van der Waals surface area contributed by atoms with Gasteiger partial charge in [0.05, 0.1) is 12.1 Å². The number of carbonyl (C=O) groups is 1. The van der Waals surface area contributed by atoms with Gasteiger partial charge in [0, 0.05) is 18.1 Å². The number of likely N-dealkylation sites (N-methyl/N-ethyl adjacent to an activating group) is 1. The van der Waals surface area contributed by atoms with Crippen LogP contribution in [0.1, 0.15) is 5.56 Å². The molecule has 5 heteroatoms. The Morgan fingerprint density at radius 2 is 2.29 bits per heavy atom. The largest absolute Gasteiger partial charge is 0.337 e. The van der Waals surface area contributed by atoms with E-state index in [4.69, 9.17) is 12.2 Å². The van der Waals surface area contributed by atoms with E-state index in [-0.39, 0.29) is 5.91 Å². The van der Waals surface area contributed by atoms with Gasteiger partial charge in [0.15, 0.2) is 3.95 Å². The molecule has 0 fully saturated rings. The number of aromatic nitrogens is 1. The molecule has 0 unspecified atom stereocenters. The quantitative estimate of drug-likeness (QED) is 0.802. The molecule has 2 heterocycles. The van der Waals surface area contributed by atoms with Crippen molar-refractivity contribution in [3.05, 3.63) is 33.1 Å². The third-order valence-electron chi connectivity index (χ3n) is 2.99. The summed E-state index contributed by atoms with van der Waals surface area (Å²) in [7, 11) is 1.81. The summed E-state index contributed by atoms with van der Waals surface area (Å²) >= 11 is 6.59. The summed E-state index contributed by atoms with van der Waals surface area (Å²) in [5, 5.41) is 2.00. The van der Waals surface area contributed by atoms with E-state index in [1.165, 1.54) is 11.3 Å². The normalized spacial score (nSPS) is 14.2. The molecule has 0 saturated carbocycles. The van der Waals surface area contributed by atoms with Crippen molar-refractivity contribution < 1.29 is 4.79 Å². The van der Waals surface area contributed by atoms with Gasteiger partial charge >= 0.3 is 0 Å². The van der Waals surface area contributed by atoms with Crippen molar-refractivity contribution in [3.63, 3.8) is 0 Å². The zero-order valence-corrected chi connectivity index (χ0v) is 10.8. The van der Waals surface area contributed by atoms with Gasteiger partial charge in [-0.3, -0.25) is 4.79 Å². The van der Waals surface area contributed by atoms with Gasteiger partial charge in [-0.2, -0.15) is 0 Å². The van der Waals surface area contributed by atoms with Gasteiger partial charge in [-0.15, -0.1) is 11.3 Å². The predicted octanol–water partition coefficient (Wildman–Crippen LogP) is 2.99. The predicted molar refractivity (Wildman–Crippen MR) is 72.1 cm³/mol. The van der Waals surface area contributed by atoms with Gasteiger partial charge < -0.3 is 9.88 Å². The van der Waals surface area contributed by atoms with Crippen molar-refractivity contribution in [3.8, 4) is 11.3 Å². The molecule has 2 aromatic rings. The maximum atomic E-state index is 11.6. The summed E-state index contributed by atoms with van der Waals surface area (Å²) in [6.45, 7) is 0. The number of hydrogen-bond acceptors (Lipinski definition) is 3. The number of carbonyl (C=O) groups excluding carboxylic acids is 1. The highest BCUT2D eigenvalue weighted by atomic mass is 32.1. The molecule has 0 bridgehead atoms. The summed E-state index contributed by atoms with van der Waals surface area (Å²) in [6, 6.07) is 6.06. The molecular formula is C12H10N2OS2. The molecule has 0 aliphatic carbocycles. The van der Waals surface area contributed by atoms with Crippen LogP contribution < -0.4 is 4.90 Å². The van der Waals surface area contributed by atoms with Crippen LogP contribution in [0.25, 0.3) is 11.3 Å². The average molecular weight is 262 g/mol. The monoisotopic (exact) mass is 262 g/mol. The molecule has 1 aromatic heterocycles. The lowest BCUT2D eigenvalue weighted by molar-refractivity contribution is -0.117. The van der Waals surface area contributed by atoms with Gasteiger partial charge in [-0.25, -0.2) is 0 Å². The molecule has 1 amide bonds. The van der Waals surface area contributed by atoms with E-state index < -0.39 is 0 Å². The number of rotatable bonds is 1. The van der Waals surface area contributed by atoms with Crippen molar-refractivity contribution >= 4 is 35.1 Å². The molecule has 86 valence electrons. The lowest BCUT2D eigenvalue weighted by Gasteiger charge is -2.09. The van der Waals surface area contributed by atoms with Crippen molar-refractivity contribution in [2.45, 2.75) is 6.42 Å². The number of anilines is 1. The molecule has 0 atom stereocenters. The van der Waals surface area contributed by atoms with E-state index in [0.717, 1.165) is 26.5 Å². The summed E-state index contributed by atoms with van der Waals surface area (Å²) in [4.78, 5) is 16.4. The number of hydrogen-bond donors (Lipinski definition) is 1. The summed E-state index contributed by atoms with van der Waals surface area (Å²) in [5.41, 5.74) is 4.19. The van der Waals surface area contributed by atoms with Crippen molar-refractivity contribution in [1.82, 2.24) is 4.98 Å². The number of H-pyrrole nitrogens is 1. The smallest absolute Gasteiger partial charge is 0.231 e. The van der Waals surface area contributed by atoms with Crippen LogP contribution in [-0.4, -0.2) is 17.9 Å². The molecule has 0 spiro atoms. The molecule has 17 heavy (non-hydrogen) atoms. The van der Waals surface area contributed by atoms with Crippen LogP contribution in [0, 0.1) is 3.95 Å². The Morgan fingerprint density at radius 3 is 3.00 bits per heavy atom. The first kappa shape index (κ1) is 10.7. The Bertz CT molecular complexity index is 657.